The van der Waals surface area contributed by atoms with E-state index in [9.17, 15) is 13.2 Å². The van der Waals surface area contributed by atoms with Gasteiger partial charge < -0.3 is 4.90 Å². The first-order valence-corrected chi connectivity index (χ1v) is 11.1. The number of piperazine rings is 1. The molecule has 0 aliphatic carbocycles. The summed E-state index contributed by atoms with van der Waals surface area (Å²) in [6.45, 7) is 2.62. The molecule has 142 valence electrons. The summed E-state index contributed by atoms with van der Waals surface area (Å²) in [6.07, 6.45) is 0. The lowest BCUT2D eigenvalue weighted by Crippen LogP contribution is -2.61. The maximum Gasteiger partial charge on any atom is 0.241 e. The predicted molar refractivity (Wildman–Crippen MR) is 107 cm³/mol. The Labute approximate surface area is 164 Å². The first-order valence-electron chi connectivity index (χ1n) is 8.91. The molecule has 0 radical (unpaired) electrons. The van der Waals surface area contributed by atoms with Gasteiger partial charge >= 0.3 is 0 Å². The van der Waals surface area contributed by atoms with Gasteiger partial charge in [-0.1, -0.05) is 47.5 Å². The fourth-order valence-electron chi connectivity index (χ4n) is 4.02. The highest BCUT2D eigenvalue weighted by atomic mass is 35.5. The van der Waals surface area contributed by atoms with E-state index in [-0.39, 0.29) is 36.0 Å². The van der Waals surface area contributed by atoms with Crippen LogP contribution in [0.25, 0.3) is 0 Å². The van der Waals surface area contributed by atoms with Gasteiger partial charge in [0.15, 0.2) is 9.84 Å². The van der Waals surface area contributed by atoms with Gasteiger partial charge in [-0.15, -0.1) is 0 Å². The summed E-state index contributed by atoms with van der Waals surface area (Å²) >= 11 is 6.28. The van der Waals surface area contributed by atoms with Crippen molar-refractivity contribution < 1.29 is 13.2 Å². The number of anilines is 1. The van der Waals surface area contributed by atoms with E-state index in [1.54, 1.807) is 4.90 Å². The van der Waals surface area contributed by atoms with Crippen LogP contribution in [0.15, 0.2) is 48.5 Å². The highest BCUT2D eigenvalue weighted by Crippen LogP contribution is 2.33. The second-order valence-corrected chi connectivity index (χ2v) is 9.87. The number of sulfone groups is 1. The Morgan fingerprint density at radius 2 is 1.70 bits per heavy atom. The molecule has 0 N–H and O–H groups in total. The van der Waals surface area contributed by atoms with Gasteiger partial charge in [0, 0.05) is 23.3 Å². The number of halogens is 1. The van der Waals surface area contributed by atoms with Crippen LogP contribution in [0, 0.1) is 6.92 Å². The van der Waals surface area contributed by atoms with Crippen molar-refractivity contribution in [2.75, 3.05) is 23.0 Å². The third kappa shape index (κ3) is 3.61. The summed E-state index contributed by atoms with van der Waals surface area (Å²) < 4.78 is 24.8. The van der Waals surface area contributed by atoms with Gasteiger partial charge in [0.2, 0.25) is 5.91 Å². The van der Waals surface area contributed by atoms with E-state index in [0.29, 0.717) is 11.6 Å². The monoisotopic (exact) mass is 404 g/mol. The lowest BCUT2D eigenvalue weighted by molar-refractivity contribution is -0.123. The fraction of sp³-hybridized carbons (Fsp3) is 0.350. The third-order valence-corrected chi connectivity index (χ3v) is 7.41. The van der Waals surface area contributed by atoms with Crippen molar-refractivity contribution in [2.24, 2.45) is 0 Å². The molecule has 2 heterocycles. The molecule has 0 unspecified atom stereocenters. The first kappa shape index (κ1) is 18.5. The number of carbonyl (C=O) groups excluding carboxylic acids is 1. The van der Waals surface area contributed by atoms with Crippen LogP contribution in [-0.2, 0) is 21.2 Å². The molecule has 2 aliphatic heterocycles. The Hall–Kier alpha value is -1.89. The molecular weight excluding hydrogens is 384 g/mol. The Morgan fingerprint density at radius 3 is 2.41 bits per heavy atom. The minimum Gasteiger partial charge on any atom is -0.306 e. The number of amides is 1. The van der Waals surface area contributed by atoms with Crippen molar-refractivity contribution in [1.82, 2.24) is 4.90 Å². The van der Waals surface area contributed by atoms with Crippen LogP contribution in [0.3, 0.4) is 0 Å². The molecule has 4 rings (SSSR count). The molecule has 7 heteroatoms. The van der Waals surface area contributed by atoms with Gasteiger partial charge in [-0.25, -0.2) is 8.42 Å². The molecule has 0 spiro atoms. The topological polar surface area (TPSA) is 57.7 Å². The quantitative estimate of drug-likeness (QED) is 0.789. The van der Waals surface area contributed by atoms with Crippen molar-refractivity contribution in [3.05, 3.63) is 64.7 Å². The standard InChI is InChI=1S/C20H21ClN2O3S/c1-14-6-8-16(9-7-14)23-19-13-27(25,26)12-18(19)22(11-20(23)24)10-15-4-2-3-5-17(15)21/h2-9,18-19H,10-13H2,1H3/t18-,19+/m0/s1. The van der Waals surface area contributed by atoms with Crippen LogP contribution >= 0.6 is 11.6 Å². The van der Waals surface area contributed by atoms with Crippen LogP contribution in [0.5, 0.6) is 0 Å². The summed E-state index contributed by atoms with van der Waals surface area (Å²) in [5.41, 5.74) is 2.76. The van der Waals surface area contributed by atoms with Gasteiger partial charge in [-0.3, -0.25) is 9.69 Å². The average molecular weight is 405 g/mol. The minimum absolute atomic E-state index is 0.00367. The molecule has 2 aromatic carbocycles. The largest absolute Gasteiger partial charge is 0.306 e. The maximum absolute atomic E-state index is 13.0. The predicted octanol–water partition coefficient (Wildman–Crippen LogP) is 2.66. The minimum atomic E-state index is -3.21. The summed E-state index contributed by atoms with van der Waals surface area (Å²) in [6, 6.07) is 14.5. The molecule has 1 amide bonds. The number of hydrogen-bond donors (Lipinski definition) is 0. The number of benzene rings is 2. The zero-order valence-corrected chi connectivity index (χ0v) is 16.6. The molecule has 0 aromatic heterocycles. The molecule has 27 heavy (non-hydrogen) atoms. The highest BCUT2D eigenvalue weighted by Gasteiger charge is 2.49. The molecular formula is C20H21ClN2O3S. The number of nitrogens with zero attached hydrogens (tertiary/aromatic N) is 2. The average Bonchev–Trinajstić information content (AvgIpc) is 2.93. The van der Waals surface area contributed by atoms with Gasteiger partial charge in [-0.05, 0) is 30.7 Å². The van der Waals surface area contributed by atoms with E-state index in [1.165, 1.54) is 0 Å². The van der Waals surface area contributed by atoms with Crippen LogP contribution in [0.1, 0.15) is 11.1 Å². The highest BCUT2D eigenvalue weighted by molar-refractivity contribution is 7.91. The molecule has 2 aromatic rings. The van der Waals surface area contributed by atoms with Crippen molar-refractivity contribution in [2.45, 2.75) is 25.6 Å². The fourth-order valence-corrected chi connectivity index (χ4v) is 6.19. The zero-order chi connectivity index (χ0) is 19.2. The number of fused-ring (bicyclic) bond motifs is 1. The summed E-state index contributed by atoms with van der Waals surface area (Å²) in [7, 11) is -3.21. The number of aryl methyl sites for hydroxylation is 1. The molecule has 2 fully saturated rings. The molecule has 5 nitrogen and oxygen atoms in total. The van der Waals surface area contributed by atoms with E-state index in [4.69, 9.17) is 11.6 Å². The van der Waals surface area contributed by atoms with Crippen LogP contribution < -0.4 is 4.90 Å². The van der Waals surface area contributed by atoms with Gasteiger partial charge in [0.1, 0.15) is 0 Å². The Bertz CT molecular complexity index is 975. The van der Waals surface area contributed by atoms with Crippen molar-refractivity contribution >= 4 is 33.0 Å². The molecule has 0 bridgehead atoms. The zero-order valence-electron chi connectivity index (χ0n) is 15.0. The summed E-state index contributed by atoms with van der Waals surface area (Å²) in [4.78, 5) is 16.6. The smallest absolute Gasteiger partial charge is 0.241 e. The van der Waals surface area contributed by atoms with Crippen molar-refractivity contribution in [3.8, 4) is 0 Å². The van der Waals surface area contributed by atoms with E-state index >= 15 is 0 Å². The molecule has 2 saturated heterocycles. The van der Waals surface area contributed by atoms with Crippen LogP contribution in [-0.4, -0.2) is 49.4 Å². The van der Waals surface area contributed by atoms with E-state index < -0.39 is 9.84 Å². The number of hydrogen-bond acceptors (Lipinski definition) is 4. The SMILES string of the molecule is Cc1ccc(N2C(=O)CN(Cc3ccccc3Cl)[C@H]3CS(=O)(=O)C[C@H]32)cc1. The summed E-state index contributed by atoms with van der Waals surface area (Å²) in [5, 5.41) is 0.628. The van der Waals surface area contributed by atoms with Gasteiger partial charge in [-0.2, -0.15) is 0 Å². The maximum atomic E-state index is 13.0. The summed E-state index contributed by atoms with van der Waals surface area (Å²) in [5.74, 6) is -0.0158. The van der Waals surface area contributed by atoms with E-state index in [2.05, 4.69) is 0 Å². The van der Waals surface area contributed by atoms with Gasteiger partial charge in [0.05, 0.1) is 24.1 Å². The Balaban J connectivity index is 1.68. The third-order valence-electron chi connectivity index (χ3n) is 5.34. The molecule has 2 atom stereocenters. The lowest BCUT2D eigenvalue weighted by atomic mass is 10.0. The normalized spacial score (nSPS) is 24.8. The molecule has 2 aliphatic rings. The first-order chi connectivity index (χ1) is 12.8. The van der Waals surface area contributed by atoms with Crippen molar-refractivity contribution in [3.63, 3.8) is 0 Å². The van der Waals surface area contributed by atoms with E-state index in [0.717, 1.165) is 16.8 Å². The Morgan fingerprint density at radius 1 is 1.04 bits per heavy atom. The number of carbonyl (C=O) groups is 1. The van der Waals surface area contributed by atoms with Crippen LogP contribution in [0.4, 0.5) is 5.69 Å². The van der Waals surface area contributed by atoms with Crippen LogP contribution in [0.2, 0.25) is 5.02 Å². The lowest BCUT2D eigenvalue weighted by Gasteiger charge is -2.43. The van der Waals surface area contributed by atoms with Crippen molar-refractivity contribution in [1.29, 1.82) is 0 Å². The molecule has 0 saturated carbocycles. The number of rotatable bonds is 3. The van der Waals surface area contributed by atoms with E-state index in [1.807, 2.05) is 60.4 Å². The second kappa shape index (κ2) is 6.93. The Kier molecular flexibility index (Phi) is 4.74. The second-order valence-electron chi connectivity index (χ2n) is 7.31. The van der Waals surface area contributed by atoms with Gasteiger partial charge in [0.25, 0.3) is 0 Å².